The van der Waals surface area contributed by atoms with Crippen molar-refractivity contribution < 1.29 is 13.6 Å². The van der Waals surface area contributed by atoms with Gasteiger partial charge in [-0.25, -0.2) is 23.1 Å². The van der Waals surface area contributed by atoms with Gasteiger partial charge in [0.05, 0.1) is 12.2 Å². The molecule has 2 aromatic heterocycles. The molecule has 1 fully saturated rings. The molecule has 32 heavy (non-hydrogen) atoms. The number of fused-ring (bicyclic) bond motifs is 1. The molecule has 1 atom stereocenters. The number of nitrogens with zero attached hydrogens (tertiary/aromatic N) is 4. The molecule has 1 saturated heterocycles. The molecule has 1 aliphatic rings. The Labute approximate surface area is 182 Å². The van der Waals surface area contributed by atoms with E-state index in [0.717, 1.165) is 18.6 Å². The van der Waals surface area contributed by atoms with Gasteiger partial charge in [0.1, 0.15) is 23.1 Å². The predicted molar refractivity (Wildman–Crippen MR) is 118 cm³/mol. The van der Waals surface area contributed by atoms with E-state index < -0.39 is 17.7 Å². The molecule has 0 aliphatic carbocycles. The first kappa shape index (κ1) is 19.9. The molecular formula is C23H20F2N6O. The normalized spacial score (nSPS) is 15.8. The van der Waals surface area contributed by atoms with Crippen molar-refractivity contribution in [2.24, 2.45) is 0 Å². The second kappa shape index (κ2) is 8.26. The highest BCUT2D eigenvalue weighted by atomic mass is 19.1. The molecule has 5 rings (SSSR count). The molecule has 0 bridgehead atoms. The Morgan fingerprint density at radius 3 is 2.75 bits per heavy atom. The fourth-order valence-corrected chi connectivity index (χ4v) is 4.05. The van der Waals surface area contributed by atoms with Gasteiger partial charge in [0.2, 0.25) is 0 Å². The smallest absolute Gasteiger partial charge is 0.323 e. The van der Waals surface area contributed by atoms with Gasteiger partial charge in [-0.3, -0.25) is 0 Å². The van der Waals surface area contributed by atoms with E-state index in [4.69, 9.17) is 0 Å². The molecule has 3 heterocycles. The van der Waals surface area contributed by atoms with Crippen LogP contribution in [0.1, 0.15) is 24.4 Å². The monoisotopic (exact) mass is 434 g/mol. The van der Waals surface area contributed by atoms with Gasteiger partial charge >= 0.3 is 6.03 Å². The first-order chi connectivity index (χ1) is 15.6. The predicted octanol–water partition coefficient (Wildman–Crippen LogP) is 4.99. The third kappa shape index (κ3) is 3.84. The molecule has 2 aromatic carbocycles. The lowest BCUT2D eigenvalue weighted by Gasteiger charge is -2.26. The largest absolute Gasteiger partial charge is 0.349 e. The van der Waals surface area contributed by atoms with Crippen molar-refractivity contribution in [3.63, 3.8) is 0 Å². The fourth-order valence-electron chi connectivity index (χ4n) is 4.05. The van der Waals surface area contributed by atoms with Crippen LogP contribution >= 0.6 is 0 Å². The van der Waals surface area contributed by atoms with Crippen molar-refractivity contribution in [3.8, 4) is 0 Å². The maximum absolute atomic E-state index is 14.4. The van der Waals surface area contributed by atoms with Gasteiger partial charge in [0.25, 0.3) is 0 Å². The van der Waals surface area contributed by atoms with E-state index in [1.807, 2.05) is 23.1 Å². The molecule has 0 spiro atoms. The summed E-state index contributed by atoms with van der Waals surface area (Å²) in [5.74, 6) is -0.298. The summed E-state index contributed by atoms with van der Waals surface area (Å²) in [4.78, 5) is 19.0. The van der Waals surface area contributed by atoms with Gasteiger partial charge < -0.3 is 15.5 Å². The number of halogens is 2. The zero-order valence-electron chi connectivity index (χ0n) is 17.0. The van der Waals surface area contributed by atoms with Crippen LogP contribution in [0.5, 0.6) is 0 Å². The maximum Gasteiger partial charge on any atom is 0.323 e. The molecule has 162 valence electrons. The molecule has 1 aliphatic heterocycles. The van der Waals surface area contributed by atoms with E-state index in [-0.39, 0.29) is 6.04 Å². The standard InChI is InChI=1S/C23H20F2N6O/c24-15-8-9-18(25)17(13-15)20-7-4-11-30(20)21-10-12-31-22(29-21)19(14-26-31)28-23(32)27-16-5-2-1-3-6-16/h1-3,5-6,8-10,12-14,20H,4,7,11H2,(H2,27,28,32). The van der Waals surface area contributed by atoms with Crippen LogP contribution in [-0.4, -0.2) is 27.2 Å². The zero-order chi connectivity index (χ0) is 22.1. The SMILES string of the molecule is O=C(Nc1ccccc1)Nc1cnn2ccc(N3CCCC3c3cc(F)ccc3F)nc12. The van der Waals surface area contributed by atoms with Gasteiger partial charge in [0, 0.05) is 24.0 Å². The van der Waals surface area contributed by atoms with Crippen molar-refractivity contribution in [2.45, 2.75) is 18.9 Å². The highest BCUT2D eigenvalue weighted by molar-refractivity contribution is 6.01. The number of amides is 2. The molecule has 0 saturated carbocycles. The summed E-state index contributed by atoms with van der Waals surface area (Å²) in [6.07, 6.45) is 4.77. The minimum Gasteiger partial charge on any atom is -0.349 e. The summed E-state index contributed by atoms with van der Waals surface area (Å²) >= 11 is 0. The van der Waals surface area contributed by atoms with Gasteiger partial charge in [-0.05, 0) is 49.2 Å². The van der Waals surface area contributed by atoms with Crippen LogP contribution in [0.2, 0.25) is 0 Å². The number of para-hydroxylation sites is 1. The van der Waals surface area contributed by atoms with Gasteiger partial charge in [-0.2, -0.15) is 5.10 Å². The lowest BCUT2D eigenvalue weighted by molar-refractivity contribution is 0.262. The zero-order valence-corrected chi connectivity index (χ0v) is 17.0. The lowest BCUT2D eigenvalue weighted by Crippen LogP contribution is -2.25. The van der Waals surface area contributed by atoms with Crippen LogP contribution in [0.3, 0.4) is 0 Å². The van der Waals surface area contributed by atoms with E-state index in [9.17, 15) is 13.6 Å². The average Bonchev–Trinajstić information content (AvgIpc) is 3.43. The quantitative estimate of drug-likeness (QED) is 0.474. The first-order valence-corrected chi connectivity index (χ1v) is 10.3. The highest BCUT2D eigenvalue weighted by Crippen LogP contribution is 2.37. The summed E-state index contributed by atoms with van der Waals surface area (Å²) in [5, 5.41) is 9.75. The Balaban J connectivity index is 1.42. The topological polar surface area (TPSA) is 74.6 Å². The van der Waals surface area contributed by atoms with Crippen LogP contribution in [0.25, 0.3) is 5.65 Å². The van der Waals surface area contributed by atoms with Gasteiger partial charge in [0.15, 0.2) is 5.65 Å². The van der Waals surface area contributed by atoms with Crippen LogP contribution in [0.15, 0.2) is 67.0 Å². The second-order valence-electron chi connectivity index (χ2n) is 7.57. The van der Waals surface area contributed by atoms with Crippen molar-refractivity contribution >= 4 is 28.9 Å². The molecule has 1 unspecified atom stereocenters. The van der Waals surface area contributed by atoms with E-state index in [1.54, 1.807) is 28.9 Å². The van der Waals surface area contributed by atoms with Crippen LogP contribution in [-0.2, 0) is 0 Å². The second-order valence-corrected chi connectivity index (χ2v) is 7.57. The highest BCUT2D eigenvalue weighted by Gasteiger charge is 2.30. The molecule has 0 radical (unpaired) electrons. The summed E-state index contributed by atoms with van der Waals surface area (Å²) in [6, 6.07) is 13.6. The molecule has 2 amide bonds. The number of carbonyl (C=O) groups excluding carboxylic acids is 1. The van der Waals surface area contributed by atoms with Crippen molar-refractivity contribution in [2.75, 3.05) is 22.1 Å². The average molecular weight is 434 g/mol. The summed E-state index contributed by atoms with van der Waals surface area (Å²) < 4.78 is 29.7. The van der Waals surface area contributed by atoms with Crippen LogP contribution < -0.4 is 15.5 Å². The van der Waals surface area contributed by atoms with Crippen LogP contribution in [0.4, 0.5) is 30.8 Å². The Kier molecular flexibility index (Phi) is 5.14. The van der Waals surface area contributed by atoms with Gasteiger partial charge in [-0.15, -0.1) is 0 Å². The minimum atomic E-state index is -0.469. The number of anilines is 3. The number of rotatable bonds is 4. The number of carbonyl (C=O) groups is 1. The fraction of sp³-hybridized carbons (Fsp3) is 0.174. The lowest BCUT2D eigenvalue weighted by atomic mass is 10.0. The molecule has 4 aromatic rings. The van der Waals surface area contributed by atoms with E-state index in [0.29, 0.717) is 41.4 Å². The molecular weight excluding hydrogens is 414 g/mol. The number of urea groups is 1. The molecule has 7 nitrogen and oxygen atoms in total. The Hall–Kier alpha value is -4.01. The summed E-state index contributed by atoms with van der Waals surface area (Å²) in [7, 11) is 0. The van der Waals surface area contributed by atoms with Crippen molar-refractivity contribution in [3.05, 3.63) is 84.2 Å². The van der Waals surface area contributed by atoms with Crippen LogP contribution in [0, 0.1) is 11.6 Å². The molecule has 2 N–H and O–H groups in total. The minimum absolute atomic E-state index is 0.318. The summed E-state index contributed by atoms with van der Waals surface area (Å²) in [6.45, 7) is 0.662. The Morgan fingerprint density at radius 2 is 1.91 bits per heavy atom. The first-order valence-electron chi connectivity index (χ1n) is 10.3. The number of hydrogen-bond donors (Lipinski definition) is 2. The van der Waals surface area contributed by atoms with E-state index in [1.165, 1.54) is 12.3 Å². The van der Waals surface area contributed by atoms with Crippen molar-refractivity contribution in [1.82, 2.24) is 14.6 Å². The van der Waals surface area contributed by atoms with E-state index >= 15 is 0 Å². The van der Waals surface area contributed by atoms with Gasteiger partial charge in [-0.1, -0.05) is 18.2 Å². The van der Waals surface area contributed by atoms with Crippen molar-refractivity contribution in [1.29, 1.82) is 0 Å². The Morgan fingerprint density at radius 1 is 1.06 bits per heavy atom. The molecule has 9 heteroatoms. The Bertz CT molecular complexity index is 1280. The summed E-state index contributed by atoms with van der Waals surface area (Å²) in [5.41, 5.74) is 1.87. The third-order valence-electron chi connectivity index (χ3n) is 5.50. The number of nitrogens with one attached hydrogen (secondary N) is 2. The number of benzene rings is 2. The number of aromatic nitrogens is 3. The van der Waals surface area contributed by atoms with E-state index in [2.05, 4.69) is 20.7 Å². The third-order valence-corrected chi connectivity index (χ3v) is 5.50. The number of hydrogen-bond acceptors (Lipinski definition) is 4. The maximum atomic E-state index is 14.4.